The Balaban J connectivity index is 1.58. The Morgan fingerprint density at radius 3 is 2.62 bits per heavy atom. The second kappa shape index (κ2) is 8.29. The first-order valence-corrected chi connectivity index (χ1v) is 9.33. The highest BCUT2D eigenvalue weighted by atomic mass is 35.5. The fourth-order valence-electron chi connectivity index (χ4n) is 2.44. The van der Waals surface area contributed by atoms with Gasteiger partial charge in [-0.15, -0.1) is 11.3 Å². The fourth-order valence-corrected chi connectivity index (χ4v) is 3.46. The monoisotopic (exact) mass is 388 g/mol. The molecular weight excluding hydrogens is 372 g/mol. The molecule has 0 aliphatic carbocycles. The van der Waals surface area contributed by atoms with Crippen molar-refractivity contribution in [3.63, 3.8) is 0 Å². The van der Waals surface area contributed by atoms with Crippen molar-refractivity contribution < 1.29 is 14.3 Å². The number of ether oxygens (including phenoxy) is 1. The third kappa shape index (κ3) is 4.20. The van der Waals surface area contributed by atoms with Gasteiger partial charge in [-0.1, -0.05) is 35.9 Å². The zero-order valence-electron chi connectivity index (χ0n) is 14.1. The van der Waals surface area contributed by atoms with Crippen LogP contribution in [0.2, 0.25) is 5.15 Å². The van der Waals surface area contributed by atoms with Crippen molar-refractivity contribution in [3.8, 4) is 5.69 Å². The van der Waals surface area contributed by atoms with Crippen LogP contribution in [0.15, 0.2) is 47.8 Å². The molecule has 2 heterocycles. The standard InChI is InChI=1S/C19H17ClN2O3S/c1-13-15(19(20)22(21-13)14-6-3-2-4-7-14)12-25-18(24)10-9-16(23)17-8-5-11-26-17/h2-8,11H,9-10,12H2,1H3. The number of carbonyl (C=O) groups is 2. The van der Waals surface area contributed by atoms with Crippen LogP contribution in [0.4, 0.5) is 0 Å². The van der Waals surface area contributed by atoms with Gasteiger partial charge in [0.15, 0.2) is 5.78 Å². The lowest BCUT2D eigenvalue weighted by molar-refractivity contribution is -0.144. The van der Waals surface area contributed by atoms with E-state index in [-0.39, 0.29) is 25.2 Å². The summed E-state index contributed by atoms with van der Waals surface area (Å²) in [7, 11) is 0. The van der Waals surface area contributed by atoms with Gasteiger partial charge in [0.2, 0.25) is 0 Å². The number of hydrogen-bond donors (Lipinski definition) is 0. The quantitative estimate of drug-likeness (QED) is 0.438. The molecule has 26 heavy (non-hydrogen) atoms. The predicted octanol–water partition coefficient (Wildman–Crippen LogP) is 4.60. The van der Waals surface area contributed by atoms with Gasteiger partial charge >= 0.3 is 5.97 Å². The van der Waals surface area contributed by atoms with E-state index in [1.165, 1.54) is 11.3 Å². The van der Waals surface area contributed by atoms with Crippen molar-refractivity contribution in [3.05, 3.63) is 69.1 Å². The number of Topliss-reactive ketones (excluding diaryl/α,β-unsaturated/α-hetero) is 1. The number of aryl methyl sites for hydroxylation is 1. The summed E-state index contributed by atoms with van der Waals surface area (Å²) in [5.41, 5.74) is 2.19. The number of halogens is 1. The number of hydrogen-bond acceptors (Lipinski definition) is 5. The van der Waals surface area contributed by atoms with E-state index in [4.69, 9.17) is 16.3 Å². The Bertz CT molecular complexity index is 905. The van der Waals surface area contributed by atoms with Gasteiger partial charge < -0.3 is 4.74 Å². The van der Waals surface area contributed by atoms with Crippen molar-refractivity contribution in [2.75, 3.05) is 0 Å². The molecule has 2 aromatic heterocycles. The van der Waals surface area contributed by atoms with Gasteiger partial charge in [-0.25, -0.2) is 4.68 Å². The van der Waals surface area contributed by atoms with Crippen molar-refractivity contribution >= 4 is 34.7 Å². The average Bonchev–Trinajstić information content (AvgIpc) is 3.28. The van der Waals surface area contributed by atoms with E-state index in [1.807, 2.05) is 48.7 Å². The average molecular weight is 389 g/mol. The first kappa shape index (κ1) is 18.4. The molecule has 5 nitrogen and oxygen atoms in total. The van der Waals surface area contributed by atoms with Crippen LogP contribution in [0.25, 0.3) is 5.69 Å². The third-order valence-electron chi connectivity index (χ3n) is 3.85. The van der Waals surface area contributed by atoms with Crippen LogP contribution >= 0.6 is 22.9 Å². The van der Waals surface area contributed by atoms with Crippen LogP contribution in [0, 0.1) is 6.92 Å². The summed E-state index contributed by atoms with van der Waals surface area (Å²) >= 11 is 7.77. The molecule has 0 atom stereocenters. The maximum atomic E-state index is 11.9. The first-order valence-electron chi connectivity index (χ1n) is 8.08. The second-order valence-corrected chi connectivity index (χ2v) is 6.97. The molecule has 0 spiro atoms. The topological polar surface area (TPSA) is 61.2 Å². The molecule has 1 aromatic carbocycles. The fraction of sp³-hybridized carbons (Fsp3) is 0.211. The van der Waals surface area contributed by atoms with Crippen LogP contribution < -0.4 is 0 Å². The Kier molecular flexibility index (Phi) is 5.85. The van der Waals surface area contributed by atoms with Crippen molar-refractivity contribution in [2.45, 2.75) is 26.4 Å². The maximum Gasteiger partial charge on any atom is 0.306 e. The van der Waals surface area contributed by atoms with Crippen molar-refractivity contribution in [1.29, 1.82) is 0 Å². The molecule has 3 aromatic rings. The molecule has 134 valence electrons. The molecule has 0 bridgehead atoms. The maximum absolute atomic E-state index is 11.9. The largest absolute Gasteiger partial charge is 0.461 e. The lowest BCUT2D eigenvalue weighted by Gasteiger charge is -2.05. The minimum Gasteiger partial charge on any atom is -0.461 e. The van der Waals surface area contributed by atoms with Crippen LogP contribution in [0.1, 0.15) is 33.8 Å². The van der Waals surface area contributed by atoms with E-state index in [2.05, 4.69) is 5.10 Å². The first-order chi connectivity index (χ1) is 12.6. The minimum atomic E-state index is -0.433. The molecule has 0 aliphatic heterocycles. The van der Waals surface area contributed by atoms with Gasteiger partial charge in [0.05, 0.1) is 22.7 Å². The highest BCUT2D eigenvalue weighted by Gasteiger charge is 2.17. The summed E-state index contributed by atoms with van der Waals surface area (Å²) in [6.07, 6.45) is 0.176. The van der Waals surface area contributed by atoms with Crippen molar-refractivity contribution in [1.82, 2.24) is 9.78 Å². The summed E-state index contributed by atoms with van der Waals surface area (Å²) in [5.74, 6) is -0.485. The molecular formula is C19H17ClN2O3S. The summed E-state index contributed by atoms with van der Waals surface area (Å²) in [6.45, 7) is 1.85. The molecule has 0 aliphatic rings. The summed E-state index contributed by atoms with van der Waals surface area (Å²) in [4.78, 5) is 24.5. The van der Waals surface area contributed by atoms with Crippen LogP contribution in [0.3, 0.4) is 0 Å². The number of rotatable bonds is 7. The van der Waals surface area contributed by atoms with E-state index in [1.54, 1.807) is 10.7 Å². The van der Waals surface area contributed by atoms with Crippen LogP contribution in [0.5, 0.6) is 0 Å². The van der Waals surface area contributed by atoms with E-state index in [0.29, 0.717) is 21.3 Å². The van der Waals surface area contributed by atoms with Gasteiger partial charge in [0, 0.05) is 12.0 Å². The van der Waals surface area contributed by atoms with Gasteiger partial charge in [0.1, 0.15) is 11.8 Å². The Morgan fingerprint density at radius 2 is 1.92 bits per heavy atom. The number of ketones is 1. The number of benzene rings is 1. The van der Waals surface area contributed by atoms with Crippen molar-refractivity contribution in [2.24, 2.45) is 0 Å². The number of thiophene rings is 1. The Labute approximate surface area is 160 Å². The van der Waals surface area contributed by atoms with E-state index in [9.17, 15) is 9.59 Å². The molecule has 0 N–H and O–H groups in total. The zero-order valence-corrected chi connectivity index (χ0v) is 15.7. The SMILES string of the molecule is Cc1nn(-c2ccccc2)c(Cl)c1COC(=O)CCC(=O)c1cccs1. The lowest BCUT2D eigenvalue weighted by Crippen LogP contribution is -2.08. The minimum absolute atomic E-state index is 0.0313. The molecule has 0 saturated heterocycles. The van der Waals surface area contributed by atoms with Crippen LogP contribution in [-0.2, 0) is 16.1 Å². The molecule has 0 fully saturated rings. The smallest absolute Gasteiger partial charge is 0.306 e. The van der Waals surface area contributed by atoms with Gasteiger partial charge in [-0.05, 0) is 30.5 Å². The molecule has 7 heteroatoms. The van der Waals surface area contributed by atoms with E-state index >= 15 is 0 Å². The normalized spacial score (nSPS) is 10.7. The predicted molar refractivity (Wildman–Crippen MR) is 101 cm³/mol. The number of nitrogens with zero attached hydrogens (tertiary/aromatic N) is 2. The van der Waals surface area contributed by atoms with Gasteiger partial charge in [-0.2, -0.15) is 5.10 Å². The number of carbonyl (C=O) groups excluding carboxylic acids is 2. The zero-order chi connectivity index (χ0) is 18.5. The second-order valence-electron chi connectivity index (χ2n) is 5.66. The summed E-state index contributed by atoms with van der Waals surface area (Å²) in [5, 5.41) is 6.65. The Hall–Kier alpha value is -2.44. The van der Waals surface area contributed by atoms with E-state index in [0.717, 1.165) is 5.69 Å². The lowest BCUT2D eigenvalue weighted by atomic mass is 10.2. The summed E-state index contributed by atoms with van der Waals surface area (Å²) < 4.78 is 6.89. The third-order valence-corrected chi connectivity index (χ3v) is 5.15. The summed E-state index contributed by atoms with van der Waals surface area (Å²) in [6, 6.07) is 13.0. The number of para-hydroxylation sites is 1. The van der Waals surface area contributed by atoms with Crippen LogP contribution in [-0.4, -0.2) is 21.5 Å². The number of esters is 1. The highest BCUT2D eigenvalue weighted by molar-refractivity contribution is 7.12. The molecule has 3 rings (SSSR count). The van der Waals surface area contributed by atoms with Gasteiger partial charge in [0.25, 0.3) is 0 Å². The molecule has 0 saturated carbocycles. The number of aromatic nitrogens is 2. The highest BCUT2D eigenvalue weighted by Crippen LogP contribution is 2.24. The molecule has 0 radical (unpaired) electrons. The molecule has 0 amide bonds. The van der Waals surface area contributed by atoms with Gasteiger partial charge in [-0.3, -0.25) is 9.59 Å². The van der Waals surface area contributed by atoms with E-state index < -0.39 is 5.97 Å². The molecule has 0 unspecified atom stereocenters. The Morgan fingerprint density at radius 1 is 1.15 bits per heavy atom.